The molecule has 1 unspecified atom stereocenters. The molecule has 37 heavy (non-hydrogen) atoms. The Bertz CT molecular complexity index is 1260. The zero-order chi connectivity index (χ0) is 26.0. The summed E-state index contributed by atoms with van der Waals surface area (Å²) in [6, 6.07) is 8.73. The molecule has 1 amide bonds. The van der Waals surface area contributed by atoms with Crippen LogP contribution in [0.5, 0.6) is 0 Å². The van der Waals surface area contributed by atoms with Gasteiger partial charge in [0.2, 0.25) is 10.0 Å². The number of hydrogen-bond acceptors (Lipinski definition) is 9. The van der Waals surface area contributed by atoms with Gasteiger partial charge in [0.25, 0.3) is 11.7 Å². The fourth-order valence-electron chi connectivity index (χ4n) is 4.80. The molecule has 1 atom stereocenters. The third-order valence-electron chi connectivity index (χ3n) is 6.85. The van der Waals surface area contributed by atoms with Crippen LogP contribution in [0.15, 0.2) is 52.2 Å². The van der Waals surface area contributed by atoms with Crippen molar-refractivity contribution in [3.05, 3.63) is 57.8 Å². The number of hydrogen-bond donors (Lipinski definition) is 1. The number of amides is 1. The summed E-state index contributed by atoms with van der Waals surface area (Å²) in [7, 11) is -3.70. The summed E-state index contributed by atoms with van der Waals surface area (Å²) in [5, 5.41) is 13.1. The molecule has 3 aliphatic heterocycles. The number of likely N-dealkylation sites (tertiary alicyclic amines) is 1. The van der Waals surface area contributed by atoms with E-state index in [1.54, 1.807) is 0 Å². The molecule has 3 saturated heterocycles. The summed E-state index contributed by atoms with van der Waals surface area (Å²) >= 11 is 1.41. The van der Waals surface area contributed by atoms with Crippen LogP contribution in [0.2, 0.25) is 0 Å². The number of aliphatic hydroxyl groups excluding tert-OH is 1. The first-order valence-electron chi connectivity index (χ1n) is 12.2. The number of carbonyl (C=O) groups excluding carboxylic acids is 2. The summed E-state index contributed by atoms with van der Waals surface area (Å²) in [5.41, 5.74) is 0.284. The largest absolute Gasteiger partial charge is 0.507 e. The van der Waals surface area contributed by atoms with Crippen LogP contribution in [0, 0.1) is 0 Å². The highest BCUT2D eigenvalue weighted by Gasteiger charge is 2.46. The number of benzene rings is 1. The van der Waals surface area contributed by atoms with E-state index in [1.807, 2.05) is 17.5 Å². The quantitative estimate of drug-likeness (QED) is 0.315. The van der Waals surface area contributed by atoms with Gasteiger partial charge in [0.15, 0.2) is 0 Å². The Kier molecular flexibility index (Phi) is 7.75. The Balaban J connectivity index is 1.44. The second-order valence-corrected chi connectivity index (χ2v) is 11.9. The molecular formula is C25H29N3O7S2. The topological polar surface area (TPSA) is 117 Å². The molecule has 1 N–H and O–H groups in total. The van der Waals surface area contributed by atoms with Crippen LogP contribution in [-0.4, -0.2) is 105 Å². The molecule has 4 heterocycles. The highest BCUT2D eigenvalue weighted by atomic mass is 32.2. The molecule has 10 nitrogen and oxygen atoms in total. The van der Waals surface area contributed by atoms with Crippen molar-refractivity contribution in [3.63, 3.8) is 0 Å². The molecule has 198 valence electrons. The normalized spacial score (nSPS) is 23.6. The van der Waals surface area contributed by atoms with E-state index in [4.69, 9.17) is 9.47 Å². The molecular weight excluding hydrogens is 518 g/mol. The maximum atomic E-state index is 13.2. The number of sulfonamides is 1. The fourth-order valence-corrected chi connectivity index (χ4v) is 7.06. The zero-order valence-electron chi connectivity index (χ0n) is 20.2. The Morgan fingerprint density at radius 2 is 1.59 bits per heavy atom. The number of carbonyl (C=O) groups is 2. The zero-order valence-corrected chi connectivity index (χ0v) is 21.9. The van der Waals surface area contributed by atoms with E-state index in [0.29, 0.717) is 39.5 Å². The van der Waals surface area contributed by atoms with Gasteiger partial charge in [-0.2, -0.15) is 4.31 Å². The third kappa shape index (κ3) is 5.22. The minimum Gasteiger partial charge on any atom is -0.507 e. The summed E-state index contributed by atoms with van der Waals surface area (Å²) in [4.78, 5) is 30.8. The second kappa shape index (κ2) is 11.0. The van der Waals surface area contributed by atoms with E-state index in [9.17, 15) is 23.1 Å². The minimum absolute atomic E-state index is 0.0122. The predicted molar refractivity (Wildman–Crippen MR) is 137 cm³/mol. The first-order valence-corrected chi connectivity index (χ1v) is 14.5. The fraction of sp³-hybridized carbons (Fsp3) is 0.440. The number of morpholine rings is 2. The van der Waals surface area contributed by atoms with Gasteiger partial charge in [-0.3, -0.25) is 14.5 Å². The number of ether oxygens (including phenoxy) is 2. The average Bonchev–Trinajstić information content (AvgIpc) is 3.55. The van der Waals surface area contributed by atoms with Crippen LogP contribution in [0.3, 0.4) is 0 Å². The van der Waals surface area contributed by atoms with E-state index in [0.717, 1.165) is 18.0 Å². The SMILES string of the molecule is O=C1C(=O)N(CCN2CCOCC2)C(c2cccs2)/C1=C(/O)c1ccc(S(=O)(=O)N2CCOCC2)cc1. The smallest absolute Gasteiger partial charge is 0.295 e. The van der Waals surface area contributed by atoms with Gasteiger partial charge >= 0.3 is 0 Å². The van der Waals surface area contributed by atoms with Crippen molar-refractivity contribution >= 4 is 38.8 Å². The van der Waals surface area contributed by atoms with Crippen molar-refractivity contribution in [2.45, 2.75) is 10.9 Å². The number of aliphatic hydroxyl groups is 1. The summed E-state index contributed by atoms with van der Waals surface area (Å²) in [6.45, 7) is 4.93. The third-order valence-corrected chi connectivity index (χ3v) is 9.69. The van der Waals surface area contributed by atoms with E-state index in [1.165, 1.54) is 44.8 Å². The first-order chi connectivity index (χ1) is 17.9. The van der Waals surface area contributed by atoms with E-state index in [2.05, 4.69) is 4.90 Å². The van der Waals surface area contributed by atoms with Crippen molar-refractivity contribution < 1.29 is 32.6 Å². The molecule has 0 spiro atoms. The lowest BCUT2D eigenvalue weighted by molar-refractivity contribution is -0.140. The monoisotopic (exact) mass is 547 g/mol. The molecule has 1 aromatic carbocycles. The molecule has 0 bridgehead atoms. The van der Waals surface area contributed by atoms with E-state index >= 15 is 0 Å². The highest BCUT2D eigenvalue weighted by molar-refractivity contribution is 7.89. The molecule has 2 aromatic rings. The maximum absolute atomic E-state index is 13.2. The highest BCUT2D eigenvalue weighted by Crippen LogP contribution is 2.41. The van der Waals surface area contributed by atoms with Gasteiger partial charge in [0, 0.05) is 49.7 Å². The standard InChI is InChI=1S/C25H29N3O7S2/c29-23(18-3-5-19(6-4-18)37(32,33)27-11-15-35-16-12-27)21-22(20-2-1-17-36-20)28(25(31)24(21)30)8-7-26-9-13-34-14-10-26/h1-6,17,22,29H,7-16H2/b23-21-. The first kappa shape index (κ1) is 26.0. The Hall–Kier alpha value is -2.61. The molecule has 3 aliphatic rings. The molecule has 12 heteroatoms. The Morgan fingerprint density at radius 3 is 2.22 bits per heavy atom. The lowest BCUT2D eigenvalue weighted by Crippen LogP contribution is -2.42. The van der Waals surface area contributed by atoms with Crippen molar-refractivity contribution in [3.8, 4) is 0 Å². The van der Waals surface area contributed by atoms with Crippen molar-refractivity contribution in [1.29, 1.82) is 0 Å². The van der Waals surface area contributed by atoms with Gasteiger partial charge < -0.3 is 19.5 Å². The van der Waals surface area contributed by atoms with Gasteiger partial charge in [0.1, 0.15) is 5.76 Å². The molecule has 3 fully saturated rings. The van der Waals surface area contributed by atoms with Crippen molar-refractivity contribution in [1.82, 2.24) is 14.1 Å². The Morgan fingerprint density at radius 1 is 0.946 bits per heavy atom. The second-order valence-electron chi connectivity index (χ2n) is 9.00. The lowest BCUT2D eigenvalue weighted by atomic mass is 10.00. The predicted octanol–water partition coefficient (Wildman–Crippen LogP) is 1.52. The molecule has 5 rings (SSSR count). The van der Waals surface area contributed by atoms with Crippen LogP contribution >= 0.6 is 11.3 Å². The van der Waals surface area contributed by atoms with Crippen LogP contribution in [0.1, 0.15) is 16.5 Å². The number of rotatable bonds is 7. The van der Waals surface area contributed by atoms with Gasteiger partial charge in [-0.05, 0) is 35.7 Å². The Labute approximate surface area is 219 Å². The van der Waals surface area contributed by atoms with Crippen molar-refractivity contribution in [2.24, 2.45) is 0 Å². The van der Waals surface area contributed by atoms with Crippen LogP contribution < -0.4 is 0 Å². The van der Waals surface area contributed by atoms with Crippen LogP contribution in [-0.2, 0) is 29.1 Å². The molecule has 1 aromatic heterocycles. The van der Waals surface area contributed by atoms with Gasteiger partial charge in [0.05, 0.1) is 42.9 Å². The van der Waals surface area contributed by atoms with Gasteiger partial charge in [-0.25, -0.2) is 8.42 Å². The molecule has 0 saturated carbocycles. The summed E-state index contributed by atoms with van der Waals surface area (Å²) in [5.74, 6) is -1.72. The minimum atomic E-state index is -3.70. The lowest BCUT2D eigenvalue weighted by Gasteiger charge is -2.30. The number of Topliss-reactive ketones (excluding diaryl/α,β-unsaturated/α-hetero) is 1. The van der Waals surface area contributed by atoms with Gasteiger partial charge in [-0.1, -0.05) is 6.07 Å². The maximum Gasteiger partial charge on any atom is 0.295 e. The number of thiophene rings is 1. The number of ketones is 1. The van der Waals surface area contributed by atoms with Crippen LogP contribution in [0.4, 0.5) is 0 Å². The summed E-state index contributed by atoms with van der Waals surface area (Å²) < 4.78 is 37.9. The van der Waals surface area contributed by atoms with Crippen molar-refractivity contribution in [2.75, 3.05) is 65.7 Å². The van der Waals surface area contributed by atoms with E-state index in [-0.39, 0.29) is 34.9 Å². The number of nitrogens with zero attached hydrogens (tertiary/aromatic N) is 3. The van der Waals surface area contributed by atoms with Crippen LogP contribution in [0.25, 0.3) is 5.76 Å². The molecule has 0 aliphatic carbocycles. The van der Waals surface area contributed by atoms with E-state index < -0.39 is 27.8 Å². The molecule has 0 radical (unpaired) electrons. The summed E-state index contributed by atoms with van der Waals surface area (Å²) in [6.07, 6.45) is 0. The van der Waals surface area contributed by atoms with Gasteiger partial charge in [-0.15, -0.1) is 11.3 Å². The average molecular weight is 548 g/mol.